The molecule has 0 spiro atoms. The Morgan fingerprint density at radius 3 is 2.14 bits per heavy atom. The summed E-state index contributed by atoms with van der Waals surface area (Å²) in [6.45, 7) is 0.593. The van der Waals surface area contributed by atoms with E-state index in [-0.39, 0.29) is 5.56 Å². The first-order valence-electron chi connectivity index (χ1n) is 13.2. The fourth-order valence-electron chi connectivity index (χ4n) is 4.97. The third-order valence-electron chi connectivity index (χ3n) is 7.46. The minimum absolute atomic E-state index is 0.0935. The first-order chi connectivity index (χ1) is 20.7. The predicted octanol–water partition coefficient (Wildman–Crippen LogP) is -1.98. The second-order valence-corrected chi connectivity index (χ2v) is 10.4. The summed E-state index contributed by atoms with van der Waals surface area (Å²) in [4.78, 5) is 12.9. The van der Waals surface area contributed by atoms with Crippen molar-refractivity contribution in [3.8, 4) is 45.8 Å². The lowest BCUT2D eigenvalue weighted by Crippen LogP contribution is -2.64. The molecule has 0 saturated carbocycles. The molecule has 0 radical (unpaired) electrons. The van der Waals surface area contributed by atoms with Gasteiger partial charge in [0.2, 0.25) is 23.2 Å². The fourth-order valence-corrected chi connectivity index (χ4v) is 4.97. The van der Waals surface area contributed by atoms with Gasteiger partial charge in [-0.15, -0.1) is 0 Å². The van der Waals surface area contributed by atoms with Crippen LogP contribution < -0.4 is 10.2 Å². The zero-order valence-electron chi connectivity index (χ0n) is 22.7. The topological polar surface area (TPSA) is 290 Å². The van der Waals surface area contributed by atoms with Gasteiger partial charge >= 0.3 is 0 Å². The molecule has 1 aromatic heterocycles. The van der Waals surface area contributed by atoms with Gasteiger partial charge in [-0.3, -0.25) is 4.79 Å². The van der Waals surface area contributed by atoms with Crippen molar-refractivity contribution < 1.29 is 79.5 Å². The molecule has 10 atom stereocenters. The number of fused-ring (bicyclic) bond motifs is 1. The van der Waals surface area contributed by atoms with E-state index in [0.717, 1.165) is 18.2 Å². The van der Waals surface area contributed by atoms with E-state index in [1.54, 1.807) is 0 Å². The van der Waals surface area contributed by atoms with Gasteiger partial charge in [-0.05, 0) is 25.1 Å². The molecule has 2 aliphatic rings. The van der Waals surface area contributed by atoms with Gasteiger partial charge in [0.05, 0.1) is 12.7 Å². The summed E-state index contributed by atoms with van der Waals surface area (Å²) < 4.78 is 27.4. The van der Waals surface area contributed by atoms with Crippen LogP contribution in [0, 0.1) is 0 Å². The molecule has 5 rings (SSSR count). The number of phenols is 4. The maximum absolute atomic E-state index is 12.9. The molecule has 2 aromatic carbocycles. The molecule has 240 valence electrons. The number of hydrogen-bond acceptors (Lipinski definition) is 17. The minimum atomic E-state index is -1.91. The highest BCUT2D eigenvalue weighted by Gasteiger charge is 2.50. The predicted molar refractivity (Wildman–Crippen MR) is 142 cm³/mol. The highest BCUT2D eigenvalue weighted by molar-refractivity contribution is 5.93. The number of aliphatic hydroxyl groups is 6. The van der Waals surface area contributed by atoms with E-state index in [0.29, 0.717) is 0 Å². The average molecular weight is 627 g/mol. The monoisotopic (exact) mass is 626 g/mol. The van der Waals surface area contributed by atoms with Crippen LogP contribution in [0.4, 0.5) is 0 Å². The summed E-state index contributed by atoms with van der Waals surface area (Å²) in [7, 11) is 0. The number of phenolic OH excluding ortho intramolecular Hbond substituents is 4. The molecule has 0 bridgehead atoms. The Hall–Kier alpha value is -3.91. The highest BCUT2D eigenvalue weighted by Crippen LogP contribution is 2.44. The van der Waals surface area contributed by atoms with Gasteiger partial charge in [-0.1, -0.05) is 0 Å². The van der Waals surface area contributed by atoms with Crippen molar-refractivity contribution in [2.24, 2.45) is 0 Å². The van der Waals surface area contributed by atoms with E-state index in [1.165, 1.54) is 13.0 Å². The van der Waals surface area contributed by atoms with Crippen LogP contribution in [0.3, 0.4) is 0 Å². The SMILES string of the molecule is CC1O[C@@H](Oc2cc(O)c3c(=O)c(O)c(-c4ccc(O)c(O)c4)oc3c2O)C(O)[C@@H](O[C@@H]2OC(CO)[C@@H](O)[C@H](O)C2O)[C@H]1O. The van der Waals surface area contributed by atoms with E-state index in [9.17, 15) is 61.0 Å². The number of hydrogen-bond donors (Lipinski definition) is 11. The van der Waals surface area contributed by atoms with Crippen molar-refractivity contribution in [3.63, 3.8) is 0 Å². The maximum atomic E-state index is 12.9. The van der Waals surface area contributed by atoms with Gasteiger partial charge in [-0.25, -0.2) is 0 Å². The second kappa shape index (κ2) is 11.9. The van der Waals surface area contributed by atoms with E-state index < -0.39 is 125 Å². The van der Waals surface area contributed by atoms with E-state index in [2.05, 4.69) is 0 Å². The molecule has 17 heteroatoms. The van der Waals surface area contributed by atoms with Gasteiger partial charge < -0.3 is 79.5 Å². The fraction of sp³-hybridized carbons (Fsp3) is 0.444. The summed E-state index contributed by atoms with van der Waals surface area (Å²) in [5, 5.41) is 112. The largest absolute Gasteiger partial charge is 0.507 e. The molecule has 0 aliphatic carbocycles. The van der Waals surface area contributed by atoms with Crippen LogP contribution in [-0.4, -0.2) is 124 Å². The van der Waals surface area contributed by atoms with Gasteiger partial charge in [0.25, 0.3) is 0 Å². The standard InChI is InChI=1S/C27H30O17/c1-7-15(32)25(44-26-21(38)19(36)16(33)13(6-28)42-26)22(39)27(40-7)41-12-5-11(31)14-18(35)20(37)23(43-24(14)17(12)34)8-2-3-9(29)10(30)4-8/h2-5,7,13,15-16,19,21-22,25-34,36-39H,6H2,1H3/t7?,13?,15-,16+,19-,21?,22?,25-,26-,27-/m0/s1. The van der Waals surface area contributed by atoms with E-state index in [4.69, 9.17) is 23.4 Å². The lowest BCUT2D eigenvalue weighted by atomic mass is 9.97. The van der Waals surface area contributed by atoms with Crippen LogP contribution in [0.5, 0.6) is 34.5 Å². The maximum Gasteiger partial charge on any atom is 0.238 e. The van der Waals surface area contributed by atoms with Crippen LogP contribution >= 0.6 is 0 Å². The summed E-state index contributed by atoms with van der Waals surface area (Å²) in [6, 6.07) is 3.96. The quantitative estimate of drug-likeness (QED) is 0.104. The lowest BCUT2D eigenvalue weighted by molar-refractivity contribution is -0.350. The number of rotatable bonds is 6. The molecule has 17 nitrogen and oxygen atoms in total. The molecule has 2 fully saturated rings. The Bertz CT molecular complexity index is 1590. The highest BCUT2D eigenvalue weighted by atomic mass is 16.7. The van der Waals surface area contributed by atoms with Crippen LogP contribution in [-0.2, 0) is 14.2 Å². The van der Waals surface area contributed by atoms with Crippen LogP contribution in [0.15, 0.2) is 33.5 Å². The van der Waals surface area contributed by atoms with E-state index in [1.807, 2.05) is 0 Å². The molecule has 3 aromatic rings. The molecule has 11 N–H and O–H groups in total. The van der Waals surface area contributed by atoms with Crippen LogP contribution in [0.2, 0.25) is 0 Å². The molecule has 44 heavy (non-hydrogen) atoms. The van der Waals surface area contributed by atoms with E-state index >= 15 is 0 Å². The molecule has 2 aliphatic heterocycles. The minimum Gasteiger partial charge on any atom is -0.507 e. The Morgan fingerprint density at radius 2 is 1.48 bits per heavy atom. The zero-order chi connectivity index (χ0) is 32.2. The Labute approximate surface area is 246 Å². The molecule has 4 unspecified atom stereocenters. The Morgan fingerprint density at radius 1 is 0.773 bits per heavy atom. The van der Waals surface area contributed by atoms with Crippen molar-refractivity contribution in [2.45, 2.75) is 68.3 Å². The molecule has 0 amide bonds. The number of benzene rings is 2. The number of aromatic hydroxyl groups is 5. The van der Waals surface area contributed by atoms with Crippen molar-refractivity contribution in [2.75, 3.05) is 6.61 Å². The summed E-state index contributed by atoms with van der Waals surface area (Å²) >= 11 is 0. The van der Waals surface area contributed by atoms with Gasteiger partial charge in [0.15, 0.2) is 34.9 Å². The third kappa shape index (κ3) is 5.34. The number of ether oxygens (including phenoxy) is 4. The molecular formula is C27H30O17. The zero-order valence-corrected chi connectivity index (χ0v) is 22.7. The Kier molecular flexibility index (Phi) is 8.51. The van der Waals surface area contributed by atoms with Crippen molar-refractivity contribution in [1.29, 1.82) is 0 Å². The average Bonchev–Trinajstić information content (AvgIpc) is 2.99. The summed E-state index contributed by atoms with van der Waals surface area (Å²) in [6.07, 6.45) is -16.5. The smallest absolute Gasteiger partial charge is 0.238 e. The second-order valence-electron chi connectivity index (χ2n) is 10.4. The van der Waals surface area contributed by atoms with Gasteiger partial charge in [0.1, 0.15) is 53.9 Å². The lowest BCUT2D eigenvalue weighted by Gasteiger charge is -2.45. The van der Waals surface area contributed by atoms with Crippen molar-refractivity contribution in [3.05, 3.63) is 34.5 Å². The van der Waals surface area contributed by atoms with Crippen LogP contribution in [0.1, 0.15) is 6.92 Å². The van der Waals surface area contributed by atoms with Gasteiger partial charge in [0, 0.05) is 11.6 Å². The van der Waals surface area contributed by atoms with Crippen molar-refractivity contribution >= 4 is 11.0 Å². The van der Waals surface area contributed by atoms with Crippen LogP contribution in [0.25, 0.3) is 22.3 Å². The first kappa shape index (κ1) is 31.5. The normalized spacial score (nSPS) is 32.5. The first-order valence-corrected chi connectivity index (χ1v) is 13.2. The van der Waals surface area contributed by atoms with Crippen molar-refractivity contribution in [1.82, 2.24) is 0 Å². The molecule has 3 heterocycles. The number of aliphatic hydroxyl groups excluding tert-OH is 6. The summed E-state index contributed by atoms with van der Waals surface area (Å²) in [5.41, 5.74) is -1.95. The summed E-state index contributed by atoms with van der Waals surface area (Å²) in [5.74, 6) is -5.01. The Balaban J connectivity index is 1.47. The molecular weight excluding hydrogens is 596 g/mol. The van der Waals surface area contributed by atoms with Gasteiger partial charge in [-0.2, -0.15) is 0 Å². The molecule has 2 saturated heterocycles. The third-order valence-corrected chi connectivity index (χ3v) is 7.46.